The summed E-state index contributed by atoms with van der Waals surface area (Å²) in [4.78, 5) is 13.0. The van der Waals surface area contributed by atoms with Crippen LogP contribution >= 0.6 is 0 Å². The lowest BCUT2D eigenvalue weighted by molar-refractivity contribution is 0.0858. The van der Waals surface area contributed by atoms with Crippen molar-refractivity contribution in [1.29, 1.82) is 0 Å². The van der Waals surface area contributed by atoms with Crippen LogP contribution in [0.1, 0.15) is 38.7 Å². The lowest BCUT2D eigenvalue weighted by Crippen LogP contribution is -2.33. The van der Waals surface area contributed by atoms with Crippen LogP contribution in [0.25, 0.3) is 11.1 Å². The summed E-state index contributed by atoms with van der Waals surface area (Å²) < 4.78 is 13.1. The molecular weight excluding hydrogens is 439 g/mol. The Morgan fingerprint density at radius 2 is 1.49 bits per heavy atom. The van der Waals surface area contributed by atoms with Crippen LogP contribution in [0.5, 0.6) is 0 Å². The van der Waals surface area contributed by atoms with Crippen molar-refractivity contribution in [2.24, 2.45) is 0 Å². The molecule has 4 aromatic carbocycles. The molecule has 5 rings (SSSR count). The zero-order valence-corrected chi connectivity index (χ0v) is 19.2. The molecule has 0 saturated carbocycles. The second-order valence-corrected chi connectivity index (χ2v) is 8.93. The molecule has 1 amide bonds. The number of hydrogen-bond acceptors (Lipinski definition) is 3. The number of hydrogen-bond donors (Lipinski definition) is 3. The van der Waals surface area contributed by atoms with Crippen molar-refractivity contribution in [2.45, 2.75) is 31.7 Å². The zero-order chi connectivity index (χ0) is 24.2. The standard InChI is InChI=1S/C30H27FN2O2/c31-26-14-7-20(8-15-26)18-32-19-21-6-9-25-17-28(34)29(27(25)16-21)33-30(35)24-12-10-23(11-13-24)22-4-2-1-3-5-22/h1-16,28-29,32,34H,17-19H2,(H,33,35)/t28-,29-/m1/s1. The van der Waals surface area contributed by atoms with Gasteiger partial charge in [-0.2, -0.15) is 0 Å². The minimum Gasteiger partial charge on any atom is -0.390 e. The van der Waals surface area contributed by atoms with Crippen LogP contribution in [-0.4, -0.2) is 17.1 Å². The first-order valence-electron chi connectivity index (χ1n) is 11.8. The molecule has 0 aliphatic heterocycles. The summed E-state index contributed by atoms with van der Waals surface area (Å²) >= 11 is 0. The van der Waals surface area contributed by atoms with E-state index in [1.54, 1.807) is 12.1 Å². The molecular formula is C30H27FN2O2. The van der Waals surface area contributed by atoms with E-state index in [4.69, 9.17) is 0 Å². The summed E-state index contributed by atoms with van der Waals surface area (Å²) in [6, 6.07) is 29.6. The largest absolute Gasteiger partial charge is 0.390 e. The molecule has 5 heteroatoms. The Balaban J connectivity index is 1.24. The first-order chi connectivity index (χ1) is 17.1. The quantitative estimate of drug-likeness (QED) is 0.352. The predicted octanol–water partition coefficient (Wildman–Crippen LogP) is 5.17. The average molecular weight is 467 g/mol. The lowest BCUT2D eigenvalue weighted by atomic mass is 10.0. The highest BCUT2D eigenvalue weighted by molar-refractivity contribution is 5.95. The Labute approximate surface area is 204 Å². The highest BCUT2D eigenvalue weighted by atomic mass is 19.1. The van der Waals surface area contributed by atoms with Crippen LogP contribution in [0.3, 0.4) is 0 Å². The van der Waals surface area contributed by atoms with Gasteiger partial charge in [-0.15, -0.1) is 0 Å². The first kappa shape index (κ1) is 23.0. The number of carbonyl (C=O) groups excluding carboxylic acids is 1. The van der Waals surface area contributed by atoms with E-state index in [-0.39, 0.29) is 11.7 Å². The molecule has 4 nitrogen and oxygen atoms in total. The number of fused-ring (bicyclic) bond motifs is 1. The third-order valence-corrected chi connectivity index (χ3v) is 6.47. The minimum absolute atomic E-state index is 0.207. The number of carbonyl (C=O) groups is 1. The van der Waals surface area contributed by atoms with Crippen molar-refractivity contribution in [1.82, 2.24) is 10.6 Å². The molecule has 2 atom stereocenters. The van der Waals surface area contributed by atoms with Gasteiger partial charge in [-0.05, 0) is 57.6 Å². The molecule has 0 bridgehead atoms. The van der Waals surface area contributed by atoms with E-state index in [1.807, 2.05) is 72.8 Å². The van der Waals surface area contributed by atoms with E-state index in [1.165, 1.54) is 12.1 Å². The zero-order valence-electron chi connectivity index (χ0n) is 19.2. The van der Waals surface area contributed by atoms with Gasteiger partial charge in [-0.3, -0.25) is 4.79 Å². The van der Waals surface area contributed by atoms with Gasteiger partial charge < -0.3 is 15.7 Å². The Hall–Kier alpha value is -3.80. The molecule has 0 heterocycles. The molecule has 0 unspecified atom stereocenters. The topological polar surface area (TPSA) is 61.4 Å². The maximum atomic E-state index is 13.1. The van der Waals surface area contributed by atoms with Crippen molar-refractivity contribution < 1.29 is 14.3 Å². The van der Waals surface area contributed by atoms with Crippen LogP contribution in [0.2, 0.25) is 0 Å². The van der Waals surface area contributed by atoms with Crippen LogP contribution in [-0.2, 0) is 19.5 Å². The average Bonchev–Trinajstić information content (AvgIpc) is 3.20. The van der Waals surface area contributed by atoms with Crippen molar-refractivity contribution >= 4 is 5.91 Å². The molecule has 3 N–H and O–H groups in total. The number of amides is 1. The molecule has 0 radical (unpaired) electrons. The summed E-state index contributed by atoms with van der Waals surface area (Å²) in [6.07, 6.45) is -0.156. The van der Waals surface area contributed by atoms with Crippen LogP contribution < -0.4 is 10.6 Å². The monoisotopic (exact) mass is 466 g/mol. The second kappa shape index (κ2) is 10.2. The highest BCUT2D eigenvalue weighted by Crippen LogP contribution is 2.33. The van der Waals surface area contributed by atoms with Gasteiger partial charge in [0.15, 0.2) is 0 Å². The molecule has 4 aromatic rings. The Kier molecular flexibility index (Phi) is 6.70. The molecule has 176 valence electrons. The molecule has 0 fully saturated rings. The Bertz CT molecular complexity index is 1300. The van der Waals surface area contributed by atoms with Crippen LogP contribution in [0.15, 0.2) is 97.1 Å². The van der Waals surface area contributed by atoms with Gasteiger partial charge >= 0.3 is 0 Å². The number of halogens is 1. The predicted molar refractivity (Wildman–Crippen MR) is 135 cm³/mol. The Morgan fingerprint density at radius 3 is 2.23 bits per heavy atom. The van der Waals surface area contributed by atoms with Crippen molar-refractivity contribution in [2.75, 3.05) is 0 Å². The fourth-order valence-electron chi connectivity index (χ4n) is 4.58. The summed E-state index contributed by atoms with van der Waals surface area (Å²) in [5.74, 6) is -0.451. The highest BCUT2D eigenvalue weighted by Gasteiger charge is 2.32. The van der Waals surface area contributed by atoms with Gasteiger partial charge in [0, 0.05) is 25.1 Å². The molecule has 0 saturated heterocycles. The van der Waals surface area contributed by atoms with E-state index < -0.39 is 12.1 Å². The summed E-state index contributed by atoms with van der Waals surface area (Å²) in [6.45, 7) is 1.25. The number of benzene rings is 4. The van der Waals surface area contributed by atoms with E-state index in [9.17, 15) is 14.3 Å². The van der Waals surface area contributed by atoms with Crippen molar-refractivity contribution in [3.05, 3.63) is 131 Å². The van der Waals surface area contributed by atoms with Crippen molar-refractivity contribution in [3.8, 4) is 11.1 Å². The Morgan fingerprint density at radius 1 is 0.829 bits per heavy atom. The SMILES string of the molecule is O=C(N[C@@H]1c2cc(CNCc3ccc(F)cc3)ccc2C[C@H]1O)c1ccc(-c2ccccc2)cc1. The summed E-state index contributed by atoms with van der Waals surface area (Å²) in [5, 5.41) is 17.1. The summed E-state index contributed by atoms with van der Waals surface area (Å²) in [5.41, 5.74) is 6.77. The maximum absolute atomic E-state index is 13.1. The lowest BCUT2D eigenvalue weighted by Gasteiger charge is -2.19. The number of aliphatic hydroxyl groups is 1. The third kappa shape index (κ3) is 5.32. The van der Waals surface area contributed by atoms with Gasteiger partial charge in [0.05, 0.1) is 12.1 Å². The fourth-order valence-corrected chi connectivity index (χ4v) is 4.58. The van der Waals surface area contributed by atoms with E-state index in [2.05, 4.69) is 10.6 Å². The molecule has 1 aliphatic carbocycles. The summed E-state index contributed by atoms with van der Waals surface area (Å²) in [7, 11) is 0. The van der Waals surface area contributed by atoms with E-state index >= 15 is 0 Å². The van der Waals surface area contributed by atoms with Gasteiger partial charge in [-0.1, -0.05) is 72.8 Å². The van der Waals surface area contributed by atoms with Gasteiger partial charge in [-0.25, -0.2) is 4.39 Å². The number of nitrogens with one attached hydrogen (secondary N) is 2. The van der Waals surface area contributed by atoms with Crippen LogP contribution in [0.4, 0.5) is 4.39 Å². The maximum Gasteiger partial charge on any atom is 0.251 e. The first-order valence-corrected chi connectivity index (χ1v) is 11.8. The van der Waals surface area contributed by atoms with Crippen molar-refractivity contribution in [3.63, 3.8) is 0 Å². The molecule has 1 aliphatic rings. The smallest absolute Gasteiger partial charge is 0.251 e. The normalized spacial score (nSPS) is 16.6. The van der Waals surface area contributed by atoms with Crippen LogP contribution in [0, 0.1) is 5.82 Å². The molecule has 35 heavy (non-hydrogen) atoms. The second-order valence-electron chi connectivity index (χ2n) is 8.93. The van der Waals surface area contributed by atoms with E-state index in [0.717, 1.165) is 33.4 Å². The van der Waals surface area contributed by atoms with E-state index in [0.29, 0.717) is 25.1 Å². The fraction of sp³-hybridized carbons (Fsp3) is 0.167. The molecule has 0 spiro atoms. The third-order valence-electron chi connectivity index (χ3n) is 6.47. The van der Waals surface area contributed by atoms with Gasteiger partial charge in [0.1, 0.15) is 5.82 Å². The van der Waals surface area contributed by atoms with Gasteiger partial charge in [0.2, 0.25) is 0 Å². The molecule has 0 aromatic heterocycles. The van der Waals surface area contributed by atoms with Gasteiger partial charge in [0.25, 0.3) is 5.91 Å². The minimum atomic E-state index is -0.667. The number of rotatable bonds is 7. The number of aliphatic hydroxyl groups excluding tert-OH is 1.